The number of unbranched alkanes of at least 4 members (excludes halogenated alkanes) is 16. The van der Waals surface area contributed by atoms with Crippen LogP contribution in [0.15, 0.2) is 59.5 Å². The van der Waals surface area contributed by atoms with Gasteiger partial charge in [0.25, 0.3) is 10.1 Å². The van der Waals surface area contributed by atoms with Crippen LogP contribution in [0.25, 0.3) is 21.5 Å². The molecule has 0 saturated heterocycles. The number of hydrogen-bond acceptors (Lipinski definition) is 3. The van der Waals surface area contributed by atoms with Gasteiger partial charge in [-0.1, -0.05) is 146 Å². The molecule has 0 bridgehead atoms. The van der Waals surface area contributed by atoms with Crippen molar-refractivity contribution in [3.8, 4) is 0 Å². The van der Waals surface area contributed by atoms with E-state index in [0.717, 1.165) is 40.8 Å². The predicted octanol–water partition coefficient (Wildman–Crippen LogP) is 10.3. The molecule has 0 heterocycles. The quantitative estimate of drug-likeness (QED) is 0.0579. The van der Waals surface area contributed by atoms with Crippen LogP contribution < -0.4 is 0 Å². The molecule has 0 aliphatic carbocycles. The largest absolute Gasteiger partial charge is 0.297 e. The Morgan fingerprint density at radius 2 is 1.00 bits per heavy atom. The molecule has 0 fully saturated rings. The van der Waals surface area contributed by atoms with Gasteiger partial charge in [-0.3, -0.25) is 4.18 Å². The van der Waals surface area contributed by atoms with E-state index in [9.17, 15) is 8.42 Å². The molecule has 3 rings (SSSR count). The van der Waals surface area contributed by atoms with Crippen LogP contribution >= 0.6 is 0 Å². The zero-order valence-electron chi connectivity index (χ0n) is 23.4. The molecule has 0 N–H and O–H groups in total. The smallest absolute Gasteiger partial charge is 0.266 e. The van der Waals surface area contributed by atoms with Crippen LogP contribution in [-0.2, 0) is 31.4 Å². The van der Waals surface area contributed by atoms with Crippen LogP contribution in [0.1, 0.15) is 116 Å². The first-order valence-corrected chi connectivity index (χ1v) is 16.3. The second kappa shape index (κ2) is 18.8. The maximum Gasteiger partial charge on any atom is 0.297 e. The fourth-order valence-corrected chi connectivity index (χ4v) is 6.37. The molecular formula is C33H48MnO3S. The Morgan fingerprint density at radius 3 is 1.53 bits per heavy atom. The molecule has 0 spiro atoms. The van der Waals surface area contributed by atoms with Gasteiger partial charge < -0.3 is 0 Å². The SMILES string of the molecule is CCCCCCCCCCCCCCCCCCCOS(=O)(=O)c1cccc2cc3ccccc3cc12.[Mn]. The van der Waals surface area contributed by atoms with Crippen LogP contribution in [0.3, 0.4) is 0 Å². The molecule has 5 heteroatoms. The van der Waals surface area contributed by atoms with Crippen molar-refractivity contribution < 1.29 is 29.7 Å². The van der Waals surface area contributed by atoms with Crippen molar-refractivity contribution in [2.24, 2.45) is 0 Å². The third-order valence-corrected chi connectivity index (χ3v) is 8.83. The van der Waals surface area contributed by atoms with Crippen molar-refractivity contribution >= 4 is 31.7 Å². The van der Waals surface area contributed by atoms with Crippen molar-refractivity contribution in [1.82, 2.24) is 0 Å². The Labute approximate surface area is 242 Å². The summed E-state index contributed by atoms with van der Waals surface area (Å²) >= 11 is 0. The predicted molar refractivity (Wildman–Crippen MR) is 159 cm³/mol. The maximum absolute atomic E-state index is 12.9. The van der Waals surface area contributed by atoms with Gasteiger partial charge in [0, 0.05) is 22.5 Å². The maximum atomic E-state index is 12.9. The first kappa shape index (κ1) is 32.8. The molecule has 0 aliphatic heterocycles. The average Bonchev–Trinajstić information content (AvgIpc) is 2.90. The second-order valence-electron chi connectivity index (χ2n) is 10.6. The van der Waals surface area contributed by atoms with E-state index in [1.807, 2.05) is 42.5 Å². The molecule has 0 aliphatic rings. The standard InChI is InChI=1S/C33H48O3S.Mn/c1-2-3-4-5-6-7-8-9-10-11-12-13-14-15-16-17-20-26-36-37(34,35)33-25-21-24-31-27-29-22-18-19-23-30(29)28-32(31)33;/h18-19,21-25,27-28H,2-17,20,26H2,1H3;. The molecule has 1 radical (unpaired) electrons. The number of fused-ring (bicyclic) bond motifs is 2. The van der Waals surface area contributed by atoms with Gasteiger partial charge in [-0.05, 0) is 40.8 Å². The van der Waals surface area contributed by atoms with Gasteiger partial charge in [0.2, 0.25) is 0 Å². The van der Waals surface area contributed by atoms with E-state index in [4.69, 9.17) is 4.18 Å². The first-order chi connectivity index (χ1) is 18.1. The monoisotopic (exact) mass is 579 g/mol. The number of benzene rings is 3. The Morgan fingerprint density at radius 1 is 0.553 bits per heavy atom. The fraction of sp³-hybridized carbons (Fsp3) is 0.576. The summed E-state index contributed by atoms with van der Waals surface area (Å²) < 4.78 is 31.3. The molecule has 3 nitrogen and oxygen atoms in total. The van der Waals surface area contributed by atoms with E-state index >= 15 is 0 Å². The van der Waals surface area contributed by atoms with E-state index in [2.05, 4.69) is 6.92 Å². The molecule has 0 atom stereocenters. The van der Waals surface area contributed by atoms with Gasteiger partial charge in [0.05, 0.1) is 6.61 Å². The molecule has 0 saturated carbocycles. The molecule has 0 unspecified atom stereocenters. The van der Waals surface area contributed by atoms with Crippen molar-refractivity contribution in [3.63, 3.8) is 0 Å². The summed E-state index contributed by atoms with van der Waals surface area (Å²) in [5.74, 6) is 0. The van der Waals surface area contributed by atoms with Crippen LogP contribution in [0.4, 0.5) is 0 Å². The number of hydrogen-bond donors (Lipinski definition) is 0. The topological polar surface area (TPSA) is 43.4 Å². The Bertz CT molecular complexity index is 1160. The molecule has 0 aromatic heterocycles. The molecule has 3 aromatic carbocycles. The third-order valence-electron chi connectivity index (χ3n) is 7.46. The average molecular weight is 580 g/mol. The zero-order chi connectivity index (χ0) is 26.2. The summed E-state index contributed by atoms with van der Waals surface area (Å²) in [7, 11) is -3.78. The summed E-state index contributed by atoms with van der Waals surface area (Å²) in [6, 6.07) is 17.4. The first-order valence-electron chi connectivity index (χ1n) is 14.9. The molecule has 38 heavy (non-hydrogen) atoms. The minimum Gasteiger partial charge on any atom is -0.266 e. The van der Waals surface area contributed by atoms with Crippen molar-refractivity contribution in [1.29, 1.82) is 0 Å². The Hall–Kier alpha value is -1.39. The van der Waals surface area contributed by atoms with Gasteiger partial charge in [0.15, 0.2) is 0 Å². The van der Waals surface area contributed by atoms with Gasteiger partial charge >= 0.3 is 0 Å². The molecule has 0 amide bonds. The van der Waals surface area contributed by atoms with Gasteiger partial charge in [-0.25, -0.2) is 0 Å². The van der Waals surface area contributed by atoms with Crippen molar-refractivity contribution in [2.75, 3.05) is 6.61 Å². The zero-order valence-corrected chi connectivity index (χ0v) is 25.4. The van der Waals surface area contributed by atoms with Crippen LogP contribution in [0.5, 0.6) is 0 Å². The Kier molecular flexibility index (Phi) is 16.3. The summed E-state index contributed by atoms with van der Waals surface area (Å²) in [6.07, 6.45) is 22.2. The number of rotatable bonds is 20. The van der Waals surface area contributed by atoms with E-state index in [0.29, 0.717) is 0 Å². The summed E-state index contributed by atoms with van der Waals surface area (Å²) in [4.78, 5) is 0.266. The third kappa shape index (κ3) is 11.4. The summed E-state index contributed by atoms with van der Waals surface area (Å²) in [5.41, 5.74) is 0. The molecular weight excluding hydrogens is 531 g/mol. The van der Waals surface area contributed by atoms with Gasteiger partial charge in [0.1, 0.15) is 4.90 Å². The second-order valence-corrected chi connectivity index (χ2v) is 12.2. The van der Waals surface area contributed by atoms with Gasteiger partial charge in [-0.15, -0.1) is 0 Å². The minimum absolute atomic E-state index is 0. The van der Waals surface area contributed by atoms with Crippen LogP contribution in [0, 0.1) is 0 Å². The summed E-state index contributed by atoms with van der Waals surface area (Å²) in [6.45, 7) is 2.53. The van der Waals surface area contributed by atoms with E-state index in [1.165, 1.54) is 89.9 Å². The van der Waals surface area contributed by atoms with Crippen LogP contribution in [0.2, 0.25) is 0 Å². The van der Waals surface area contributed by atoms with E-state index in [1.54, 1.807) is 12.1 Å². The van der Waals surface area contributed by atoms with E-state index in [-0.39, 0.29) is 28.6 Å². The summed E-state index contributed by atoms with van der Waals surface area (Å²) in [5, 5.41) is 3.78. The molecule has 211 valence electrons. The molecule has 3 aromatic rings. The van der Waals surface area contributed by atoms with Crippen LogP contribution in [-0.4, -0.2) is 15.0 Å². The van der Waals surface area contributed by atoms with Crippen molar-refractivity contribution in [2.45, 2.75) is 121 Å². The minimum atomic E-state index is -3.78. The van der Waals surface area contributed by atoms with E-state index < -0.39 is 10.1 Å². The van der Waals surface area contributed by atoms with Crippen molar-refractivity contribution in [3.05, 3.63) is 54.6 Å². The van der Waals surface area contributed by atoms with Gasteiger partial charge in [-0.2, -0.15) is 8.42 Å². The Balaban J connectivity index is 0.00000507. The normalized spacial score (nSPS) is 11.7. The fourth-order valence-electron chi connectivity index (χ4n) is 5.22.